The van der Waals surface area contributed by atoms with E-state index in [1.54, 1.807) is 40.1 Å². The molecule has 2 fully saturated rings. The number of hydrogen-bond acceptors (Lipinski definition) is 4. The van der Waals surface area contributed by atoms with Gasteiger partial charge in [0, 0.05) is 44.7 Å². The molecule has 31 heavy (non-hydrogen) atoms. The molecule has 2 aliphatic heterocycles. The number of amides is 2. The summed E-state index contributed by atoms with van der Waals surface area (Å²) in [5.74, 6) is -0.236. The Morgan fingerprint density at radius 1 is 0.968 bits per heavy atom. The summed E-state index contributed by atoms with van der Waals surface area (Å²) in [5.41, 5.74) is 1.74. The average Bonchev–Trinajstić information content (AvgIpc) is 3.20. The lowest BCUT2D eigenvalue weighted by Gasteiger charge is -2.34. The van der Waals surface area contributed by atoms with Crippen molar-refractivity contribution in [3.63, 3.8) is 0 Å². The first kappa shape index (κ1) is 21.8. The minimum Gasteiger partial charge on any atom is -0.336 e. The summed E-state index contributed by atoms with van der Waals surface area (Å²) in [7, 11) is -3.45. The van der Waals surface area contributed by atoms with Gasteiger partial charge in [-0.25, -0.2) is 8.42 Å². The van der Waals surface area contributed by atoms with E-state index in [4.69, 9.17) is 11.6 Å². The lowest BCUT2D eigenvalue weighted by atomic mass is 10.1. The molecular formula is C22H24ClN3O4S. The smallest absolute Gasteiger partial charge is 0.254 e. The number of carbonyl (C=O) groups is 2. The van der Waals surface area contributed by atoms with Gasteiger partial charge in [-0.3, -0.25) is 9.59 Å². The van der Waals surface area contributed by atoms with E-state index in [1.807, 2.05) is 18.2 Å². The van der Waals surface area contributed by atoms with Crippen LogP contribution in [0.1, 0.15) is 28.8 Å². The number of halogens is 1. The molecule has 0 unspecified atom stereocenters. The van der Waals surface area contributed by atoms with Gasteiger partial charge in [0.2, 0.25) is 15.9 Å². The second-order valence-electron chi connectivity index (χ2n) is 7.75. The Bertz CT molecular complexity index is 1080. The van der Waals surface area contributed by atoms with E-state index >= 15 is 0 Å². The number of carbonyl (C=O) groups excluding carboxylic acids is 2. The van der Waals surface area contributed by atoms with Crippen LogP contribution in [0.3, 0.4) is 0 Å². The molecule has 0 N–H and O–H groups in total. The van der Waals surface area contributed by atoms with Gasteiger partial charge in [0.25, 0.3) is 5.91 Å². The van der Waals surface area contributed by atoms with E-state index < -0.39 is 10.0 Å². The van der Waals surface area contributed by atoms with Gasteiger partial charge in [0.05, 0.1) is 16.5 Å². The van der Waals surface area contributed by atoms with Crippen LogP contribution >= 0.6 is 11.6 Å². The lowest BCUT2D eigenvalue weighted by Crippen LogP contribution is -2.50. The quantitative estimate of drug-likeness (QED) is 0.686. The SMILES string of the molecule is O=C(c1ccc(Cl)c(N2CCCC2=O)c1)N1CCN(S(=O)(=O)Cc2ccccc2)CC1. The second-order valence-corrected chi connectivity index (χ2v) is 10.1. The topological polar surface area (TPSA) is 78.0 Å². The fourth-order valence-electron chi connectivity index (χ4n) is 3.98. The molecule has 4 rings (SSSR count). The monoisotopic (exact) mass is 461 g/mol. The zero-order valence-corrected chi connectivity index (χ0v) is 18.6. The van der Waals surface area contributed by atoms with Crippen molar-refractivity contribution in [3.8, 4) is 0 Å². The summed E-state index contributed by atoms with van der Waals surface area (Å²) >= 11 is 6.28. The summed E-state index contributed by atoms with van der Waals surface area (Å²) < 4.78 is 26.9. The molecule has 7 nitrogen and oxygen atoms in total. The van der Waals surface area contributed by atoms with E-state index in [-0.39, 0.29) is 30.7 Å². The Balaban J connectivity index is 1.42. The molecule has 2 heterocycles. The molecule has 0 aliphatic carbocycles. The molecule has 0 aromatic heterocycles. The lowest BCUT2D eigenvalue weighted by molar-refractivity contribution is -0.117. The largest absolute Gasteiger partial charge is 0.336 e. The van der Waals surface area contributed by atoms with Crippen LogP contribution in [0.15, 0.2) is 48.5 Å². The van der Waals surface area contributed by atoms with E-state index in [0.29, 0.717) is 42.3 Å². The summed E-state index contributed by atoms with van der Waals surface area (Å²) in [6.45, 7) is 1.73. The van der Waals surface area contributed by atoms with Crippen molar-refractivity contribution in [1.82, 2.24) is 9.21 Å². The molecule has 2 aliphatic rings. The Hall–Kier alpha value is -2.42. The highest BCUT2D eigenvalue weighted by Gasteiger charge is 2.30. The predicted molar refractivity (Wildman–Crippen MR) is 120 cm³/mol. The van der Waals surface area contributed by atoms with E-state index in [2.05, 4.69) is 0 Å². The third kappa shape index (κ3) is 4.76. The van der Waals surface area contributed by atoms with Crippen LogP contribution in [-0.4, -0.2) is 62.2 Å². The highest BCUT2D eigenvalue weighted by atomic mass is 35.5. The van der Waals surface area contributed by atoms with Gasteiger partial charge in [-0.1, -0.05) is 41.9 Å². The zero-order valence-electron chi connectivity index (χ0n) is 17.0. The van der Waals surface area contributed by atoms with Crippen LogP contribution in [0.2, 0.25) is 5.02 Å². The minimum absolute atomic E-state index is 0.00346. The van der Waals surface area contributed by atoms with Crippen LogP contribution < -0.4 is 4.90 Å². The predicted octanol–water partition coefficient (Wildman–Crippen LogP) is 2.75. The van der Waals surface area contributed by atoms with Crippen molar-refractivity contribution in [1.29, 1.82) is 0 Å². The summed E-state index contributed by atoms with van der Waals surface area (Å²) in [6, 6.07) is 14.0. The number of anilines is 1. The fourth-order valence-corrected chi connectivity index (χ4v) is 5.72. The van der Waals surface area contributed by atoms with Gasteiger partial charge in [-0.15, -0.1) is 0 Å². The third-order valence-electron chi connectivity index (χ3n) is 5.67. The first-order valence-corrected chi connectivity index (χ1v) is 12.2. The standard InChI is InChI=1S/C22H24ClN3O4S/c23-19-9-8-18(15-20(19)26-10-4-7-21(26)27)22(28)24-11-13-25(14-12-24)31(29,30)16-17-5-2-1-3-6-17/h1-3,5-6,8-9,15H,4,7,10-14,16H2. The number of rotatable bonds is 5. The Morgan fingerprint density at radius 3 is 2.32 bits per heavy atom. The summed E-state index contributed by atoms with van der Waals surface area (Å²) in [4.78, 5) is 28.4. The highest BCUT2D eigenvalue weighted by Crippen LogP contribution is 2.31. The van der Waals surface area contributed by atoms with Crippen LogP contribution in [0.25, 0.3) is 0 Å². The van der Waals surface area contributed by atoms with Crippen molar-refractivity contribution < 1.29 is 18.0 Å². The van der Waals surface area contributed by atoms with Gasteiger partial charge < -0.3 is 9.80 Å². The third-order valence-corrected chi connectivity index (χ3v) is 7.84. The molecule has 164 valence electrons. The molecule has 0 saturated carbocycles. The Labute approximate surface area is 187 Å². The van der Waals surface area contributed by atoms with Crippen LogP contribution in [0.5, 0.6) is 0 Å². The van der Waals surface area contributed by atoms with Gasteiger partial charge in [0.15, 0.2) is 0 Å². The molecular weight excluding hydrogens is 438 g/mol. The molecule has 0 bridgehead atoms. The van der Waals surface area contributed by atoms with Crippen molar-refractivity contribution in [3.05, 3.63) is 64.7 Å². The maximum Gasteiger partial charge on any atom is 0.254 e. The second kappa shape index (κ2) is 8.98. The number of piperazine rings is 1. The van der Waals surface area contributed by atoms with Crippen LogP contribution in [-0.2, 0) is 20.6 Å². The molecule has 2 aromatic rings. The first-order chi connectivity index (χ1) is 14.8. The molecule has 2 aromatic carbocycles. The number of benzene rings is 2. The highest BCUT2D eigenvalue weighted by molar-refractivity contribution is 7.88. The molecule has 9 heteroatoms. The van der Waals surface area contributed by atoms with Crippen LogP contribution in [0.4, 0.5) is 5.69 Å². The maximum atomic E-state index is 13.0. The number of hydrogen-bond donors (Lipinski definition) is 0. The molecule has 0 radical (unpaired) electrons. The Morgan fingerprint density at radius 2 is 1.68 bits per heavy atom. The van der Waals surface area contributed by atoms with E-state index in [9.17, 15) is 18.0 Å². The number of nitrogens with zero attached hydrogens (tertiary/aromatic N) is 3. The summed E-state index contributed by atoms with van der Waals surface area (Å²) in [5, 5.41) is 0.434. The normalized spacial score (nSPS) is 17.9. The van der Waals surface area contributed by atoms with Gasteiger partial charge in [-0.2, -0.15) is 4.31 Å². The van der Waals surface area contributed by atoms with Crippen molar-refractivity contribution >= 4 is 39.1 Å². The minimum atomic E-state index is -3.45. The first-order valence-electron chi connectivity index (χ1n) is 10.3. The molecule has 0 spiro atoms. The van der Waals surface area contributed by atoms with Gasteiger partial charge >= 0.3 is 0 Å². The van der Waals surface area contributed by atoms with Gasteiger partial charge in [-0.05, 0) is 30.2 Å². The molecule has 0 atom stereocenters. The zero-order chi connectivity index (χ0) is 22.0. The average molecular weight is 462 g/mol. The van der Waals surface area contributed by atoms with E-state index in [1.165, 1.54) is 4.31 Å². The summed E-state index contributed by atoms with van der Waals surface area (Å²) in [6.07, 6.45) is 1.25. The van der Waals surface area contributed by atoms with E-state index in [0.717, 1.165) is 12.0 Å². The van der Waals surface area contributed by atoms with Crippen molar-refractivity contribution in [2.75, 3.05) is 37.6 Å². The molecule has 2 amide bonds. The van der Waals surface area contributed by atoms with Crippen molar-refractivity contribution in [2.24, 2.45) is 0 Å². The number of sulfonamides is 1. The van der Waals surface area contributed by atoms with Gasteiger partial charge in [0.1, 0.15) is 0 Å². The molecule has 2 saturated heterocycles. The maximum absolute atomic E-state index is 13.0. The fraction of sp³-hybridized carbons (Fsp3) is 0.364. The Kier molecular flexibility index (Phi) is 6.31. The van der Waals surface area contributed by atoms with Crippen LogP contribution in [0, 0.1) is 0 Å². The van der Waals surface area contributed by atoms with Crippen molar-refractivity contribution in [2.45, 2.75) is 18.6 Å².